The highest BCUT2D eigenvalue weighted by atomic mass is 16.5. The van der Waals surface area contributed by atoms with Crippen LogP contribution in [-0.4, -0.2) is 41.0 Å². The molecule has 2 heterocycles. The average Bonchev–Trinajstić information content (AvgIpc) is 3.24. The van der Waals surface area contributed by atoms with Crippen LogP contribution in [0, 0.1) is 40.4 Å². The molecule has 1 spiro atoms. The Labute approximate surface area is 214 Å². The molecule has 4 aliphatic carbocycles. The Kier molecular flexibility index (Phi) is 5.75. The summed E-state index contributed by atoms with van der Waals surface area (Å²) < 4.78 is 7.23. The molecule has 3 nitrogen and oxygen atoms in total. The van der Waals surface area contributed by atoms with E-state index in [1.165, 1.54) is 45.1 Å². The second kappa shape index (κ2) is 8.16. The van der Waals surface area contributed by atoms with Crippen molar-refractivity contribution in [2.45, 2.75) is 136 Å². The molecule has 0 aromatic carbocycles. The molecule has 10 atom stereocenters. The number of nitrogens with zero attached hydrogens (tertiary/aromatic N) is 1. The van der Waals surface area contributed by atoms with Crippen LogP contribution in [0.5, 0.6) is 0 Å². The molecule has 0 radical (unpaired) electrons. The smallest absolute Gasteiger partial charge is 0.133 e. The van der Waals surface area contributed by atoms with Gasteiger partial charge in [0.2, 0.25) is 0 Å². The number of ketones is 1. The van der Waals surface area contributed by atoms with E-state index in [1.807, 2.05) is 5.57 Å². The fourth-order valence-electron chi connectivity index (χ4n) is 10.8. The summed E-state index contributed by atoms with van der Waals surface area (Å²) in [7, 11) is 0. The van der Waals surface area contributed by atoms with E-state index in [4.69, 9.17) is 4.74 Å². The maximum absolute atomic E-state index is 12.4. The van der Waals surface area contributed by atoms with Gasteiger partial charge in [-0.1, -0.05) is 38.8 Å². The van der Waals surface area contributed by atoms with Crippen molar-refractivity contribution in [3.8, 4) is 0 Å². The summed E-state index contributed by atoms with van der Waals surface area (Å²) in [5, 5.41) is 0. The number of rotatable bonds is 1. The lowest BCUT2D eigenvalue weighted by Gasteiger charge is -2.58. The Balaban J connectivity index is 1.29. The number of hydrogen-bond donors (Lipinski definition) is 0. The molecule has 196 valence electrons. The number of Topliss-reactive ketones (excluding diaryl/α,β-unsaturated/α-hetero) is 1. The summed E-state index contributed by atoms with van der Waals surface area (Å²) in [5.41, 5.74) is 4.08. The number of allylic oxidation sites excluding steroid dienone is 1. The van der Waals surface area contributed by atoms with E-state index in [-0.39, 0.29) is 11.0 Å². The van der Waals surface area contributed by atoms with Gasteiger partial charge in [0.1, 0.15) is 5.78 Å². The minimum Gasteiger partial charge on any atom is -0.369 e. The normalized spacial score (nSPS) is 52.3. The van der Waals surface area contributed by atoms with Crippen molar-refractivity contribution in [3.05, 3.63) is 11.1 Å². The fraction of sp³-hybridized carbons (Fsp3) is 0.906. The van der Waals surface area contributed by atoms with Gasteiger partial charge >= 0.3 is 0 Å². The molecule has 2 aliphatic heterocycles. The quantitative estimate of drug-likeness (QED) is 0.371. The molecule has 6 aliphatic rings. The zero-order valence-electron chi connectivity index (χ0n) is 23.7. The molecule has 0 aromatic heterocycles. The molecule has 0 bridgehead atoms. The Hall–Kier alpha value is -0.670. The Bertz CT molecular complexity index is 923. The van der Waals surface area contributed by atoms with Gasteiger partial charge < -0.3 is 4.74 Å². The highest BCUT2D eigenvalue weighted by Crippen LogP contribution is 2.69. The lowest BCUT2D eigenvalue weighted by molar-refractivity contribution is -0.142. The molecule has 0 amide bonds. The first kappa shape index (κ1) is 24.7. The van der Waals surface area contributed by atoms with Gasteiger partial charge in [-0.15, -0.1) is 0 Å². The number of piperidine rings is 1. The van der Waals surface area contributed by atoms with Gasteiger partial charge in [-0.05, 0) is 107 Å². The van der Waals surface area contributed by atoms with Crippen LogP contribution in [0.15, 0.2) is 11.1 Å². The van der Waals surface area contributed by atoms with E-state index in [0.29, 0.717) is 35.3 Å². The van der Waals surface area contributed by atoms with E-state index >= 15 is 0 Å². The van der Waals surface area contributed by atoms with Crippen molar-refractivity contribution >= 4 is 5.78 Å². The number of carbonyl (C=O) groups excluding carboxylic acids is 1. The van der Waals surface area contributed by atoms with Crippen LogP contribution in [0.3, 0.4) is 0 Å². The summed E-state index contributed by atoms with van der Waals surface area (Å²) in [4.78, 5) is 15.2. The molecule has 0 N–H and O–H groups in total. The number of likely N-dealkylation sites (tertiary alicyclic amines) is 1. The topological polar surface area (TPSA) is 29.5 Å². The first-order valence-corrected chi connectivity index (χ1v) is 15.1. The van der Waals surface area contributed by atoms with Gasteiger partial charge in [0.05, 0.1) is 11.7 Å². The molecule has 35 heavy (non-hydrogen) atoms. The largest absolute Gasteiger partial charge is 0.369 e. The van der Waals surface area contributed by atoms with Gasteiger partial charge in [-0.25, -0.2) is 0 Å². The van der Waals surface area contributed by atoms with Crippen molar-refractivity contribution in [2.75, 3.05) is 6.54 Å². The van der Waals surface area contributed by atoms with Gasteiger partial charge in [0.15, 0.2) is 0 Å². The number of carbonyl (C=O) groups is 1. The maximum Gasteiger partial charge on any atom is 0.133 e. The SMILES string of the molecule is CC1=C2C[C@H]3[C@@H](CC[C@]4(C)CC(=O)CC[C@]34C)[C@@H]2CC[C@@]2(C1)O[C@@H]1C[C@H](C)CN(C(C)C)[C@H]1[C@H]2C. The van der Waals surface area contributed by atoms with Crippen LogP contribution in [0.4, 0.5) is 0 Å². The third-order valence-electron chi connectivity index (χ3n) is 13.0. The van der Waals surface area contributed by atoms with Gasteiger partial charge in [0.25, 0.3) is 0 Å². The van der Waals surface area contributed by atoms with Gasteiger partial charge in [-0.3, -0.25) is 9.69 Å². The molecular weight excluding hydrogens is 430 g/mol. The lowest BCUT2D eigenvalue weighted by Crippen LogP contribution is -2.54. The monoisotopic (exact) mass is 481 g/mol. The fourth-order valence-corrected chi connectivity index (χ4v) is 10.8. The Morgan fingerprint density at radius 3 is 2.57 bits per heavy atom. The first-order chi connectivity index (χ1) is 16.5. The summed E-state index contributed by atoms with van der Waals surface area (Å²) in [6, 6.07) is 1.18. The van der Waals surface area contributed by atoms with Crippen molar-refractivity contribution in [1.29, 1.82) is 0 Å². The molecule has 5 fully saturated rings. The third-order valence-corrected chi connectivity index (χ3v) is 13.0. The van der Waals surface area contributed by atoms with Crippen LogP contribution in [-0.2, 0) is 9.53 Å². The van der Waals surface area contributed by atoms with E-state index in [1.54, 1.807) is 5.57 Å². The predicted molar refractivity (Wildman–Crippen MR) is 142 cm³/mol. The maximum atomic E-state index is 12.4. The second-order valence-corrected chi connectivity index (χ2v) is 15.0. The lowest BCUT2D eigenvalue weighted by atomic mass is 9.45. The van der Waals surface area contributed by atoms with E-state index in [9.17, 15) is 4.79 Å². The van der Waals surface area contributed by atoms with E-state index < -0.39 is 0 Å². The van der Waals surface area contributed by atoms with Crippen molar-refractivity contribution in [2.24, 2.45) is 40.4 Å². The Morgan fingerprint density at radius 2 is 1.83 bits per heavy atom. The molecule has 3 saturated carbocycles. The van der Waals surface area contributed by atoms with Crippen molar-refractivity contribution in [1.82, 2.24) is 4.90 Å². The van der Waals surface area contributed by atoms with Crippen molar-refractivity contribution < 1.29 is 9.53 Å². The van der Waals surface area contributed by atoms with Crippen LogP contribution in [0.25, 0.3) is 0 Å². The second-order valence-electron chi connectivity index (χ2n) is 15.0. The van der Waals surface area contributed by atoms with Crippen LogP contribution in [0.2, 0.25) is 0 Å². The highest BCUT2D eigenvalue weighted by Gasteiger charge is 2.62. The third kappa shape index (κ3) is 3.45. The van der Waals surface area contributed by atoms with E-state index in [0.717, 1.165) is 49.4 Å². The Morgan fingerprint density at radius 1 is 1.06 bits per heavy atom. The molecule has 6 rings (SSSR count). The summed E-state index contributed by atoms with van der Waals surface area (Å²) >= 11 is 0. The van der Waals surface area contributed by atoms with Gasteiger partial charge in [-0.2, -0.15) is 0 Å². The number of fused-ring (bicyclic) bond motifs is 6. The molecule has 3 heteroatoms. The zero-order valence-corrected chi connectivity index (χ0v) is 23.7. The average molecular weight is 482 g/mol. The highest BCUT2D eigenvalue weighted by molar-refractivity contribution is 5.80. The van der Waals surface area contributed by atoms with Crippen LogP contribution in [0.1, 0.15) is 113 Å². The zero-order chi connectivity index (χ0) is 24.9. The minimum absolute atomic E-state index is 0.0355. The van der Waals surface area contributed by atoms with Crippen molar-refractivity contribution in [3.63, 3.8) is 0 Å². The van der Waals surface area contributed by atoms with Gasteiger partial charge in [0, 0.05) is 37.4 Å². The predicted octanol–water partition coefficient (Wildman–Crippen LogP) is 7.19. The molecule has 0 aromatic rings. The number of hydrogen-bond acceptors (Lipinski definition) is 3. The van der Waals surface area contributed by atoms with Crippen LogP contribution >= 0.6 is 0 Å². The molecule has 0 unspecified atom stereocenters. The van der Waals surface area contributed by atoms with E-state index in [2.05, 4.69) is 53.4 Å². The summed E-state index contributed by atoms with van der Waals surface area (Å²) in [6.07, 6.45) is 12.0. The summed E-state index contributed by atoms with van der Waals surface area (Å²) in [6.45, 7) is 18.5. The first-order valence-electron chi connectivity index (χ1n) is 15.1. The molecular formula is C32H51NO2. The summed E-state index contributed by atoms with van der Waals surface area (Å²) in [5.74, 6) is 4.21. The minimum atomic E-state index is 0.0355. The standard InChI is InChI=1S/C32H51NO2/c1-19(2)33-18-20(3)14-28-29(33)22(5)32(35-28)13-10-24-25-9-11-30(6)17-23(34)8-12-31(30,7)27(25)15-26(24)21(4)16-32/h19-20,22,24-25,27-29H,8-18H2,1-7H3/t20-,22+,24-,25-,27-,28+,29-,30+,31+,32-/m0/s1. The molecule has 2 saturated heterocycles. The number of ether oxygens (including phenoxy) is 1. The van der Waals surface area contributed by atoms with Crippen LogP contribution < -0.4 is 0 Å².